The summed E-state index contributed by atoms with van der Waals surface area (Å²) in [4.78, 5) is 21.1. The second-order valence-corrected chi connectivity index (χ2v) is 5.12. The largest absolute Gasteiger partial charge is 0.322 e. The highest BCUT2D eigenvalue weighted by atomic mass is 32.1. The number of amides is 1. The van der Waals surface area contributed by atoms with Gasteiger partial charge in [0.05, 0.1) is 11.9 Å². The molecule has 3 aromatic heterocycles. The van der Waals surface area contributed by atoms with Gasteiger partial charge in [0.15, 0.2) is 4.96 Å². The summed E-state index contributed by atoms with van der Waals surface area (Å²) in [5, 5.41) is 4.75. The molecule has 0 fully saturated rings. The first-order chi connectivity index (χ1) is 9.72. The Bertz CT molecular complexity index is 787. The number of hydrogen-bond donors (Lipinski definition) is 1. The van der Waals surface area contributed by atoms with E-state index in [2.05, 4.69) is 15.3 Å². The molecule has 0 bridgehead atoms. The number of imidazole rings is 1. The number of fused-ring (bicyclic) bond motifs is 1. The van der Waals surface area contributed by atoms with Crippen LogP contribution in [0.4, 0.5) is 5.69 Å². The molecule has 3 heterocycles. The average Bonchev–Trinajstić information content (AvgIpc) is 2.99. The van der Waals surface area contributed by atoms with Crippen LogP contribution in [-0.4, -0.2) is 20.3 Å². The van der Waals surface area contributed by atoms with Crippen LogP contribution >= 0.6 is 11.3 Å². The van der Waals surface area contributed by atoms with Crippen LogP contribution in [0.25, 0.3) is 11.0 Å². The molecule has 0 unspecified atom stereocenters. The first-order valence-corrected chi connectivity index (χ1v) is 6.92. The number of aryl methyl sites for hydroxylation is 1. The molecule has 100 valence electrons. The maximum absolute atomic E-state index is 11.8. The third-order valence-corrected chi connectivity index (χ3v) is 3.52. The van der Waals surface area contributed by atoms with E-state index in [1.54, 1.807) is 35.9 Å². The predicted octanol–water partition coefficient (Wildman–Crippen LogP) is 2.75. The quantitative estimate of drug-likeness (QED) is 0.752. The molecule has 0 aliphatic carbocycles. The van der Waals surface area contributed by atoms with Crippen LogP contribution in [0.1, 0.15) is 11.4 Å². The topological polar surface area (TPSA) is 59.3 Å². The summed E-state index contributed by atoms with van der Waals surface area (Å²) in [5.41, 5.74) is 2.48. The summed E-state index contributed by atoms with van der Waals surface area (Å²) in [6, 6.07) is 3.58. The van der Waals surface area contributed by atoms with Gasteiger partial charge in [-0.25, -0.2) is 4.98 Å². The van der Waals surface area contributed by atoms with Crippen molar-refractivity contribution in [3.05, 3.63) is 53.6 Å². The van der Waals surface area contributed by atoms with Crippen molar-refractivity contribution in [3.8, 4) is 0 Å². The van der Waals surface area contributed by atoms with E-state index in [0.717, 1.165) is 22.0 Å². The van der Waals surface area contributed by atoms with Gasteiger partial charge in [0.25, 0.3) is 0 Å². The SMILES string of the molecule is Cc1cc(NC(=O)/C=C/c2cnc3sccn23)ccn1. The zero-order valence-electron chi connectivity index (χ0n) is 10.8. The maximum atomic E-state index is 11.8. The van der Waals surface area contributed by atoms with E-state index in [9.17, 15) is 4.79 Å². The van der Waals surface area contributed by atoms with Crippen molar-refractivity contribution < 1.29 is 4.79 Å². The number of rotatable bonds is 3. The minimum atomic E-state index is -0.180. The smallest absolute Gasteiger partial charge is 0.248 e. The molecule has 20 heavy (non-hydrogen) atoms. The fourth-order valence-corrected chi connectivity index (χ4v) is 2.53. The van der Waals surface area contributed by atoms with Gasteiger partial charge in [-0.15, -0.1) is 11.3 Å². The lowest BCUT2D eigenvalue weighted by atomic mass is 10.3. The minimum absolute atomic E-state index is 0.180. The molecule has 3 aromatic rings. The Balaban J connectivity index is 1.73. The molecular formula is C14H12N4OS. The molecule has 0 saturated heterocycles. The van der Waals surface area contributed by atoms with Gasteiger partial charge in [-0.05, 0) is 25.1 Å². The third kappa shape index (κ3) is 2.60. The van der Waals surface area contributed by atoms with Crippen molar-refractivity contribution in [3.63, 3.8) is 0 Å². The van der Waals surface area contributed by atoms with Gasteiger partial charge in [-0.3, -0.25) is 14.2 Å². The molecule has 0 saturated carbocycles. The molecule has 0 aliphatic rings. The Morgan fingerprint density at radius 1 is 1.45 bits per heavy atom. The van der Waals surface area contributed by atoms with Crippen molar-refractivity contribution in [2.75, 3.05) is 5.32 Å². The molecular weight excluding hydrogens is 272 g/mol. The van der Waals surface area contributed by atoms with Crippen LogP contribution in [-0.2, 0) is 4.79 Å². The Kier molecular flexibility index (Phi) is 3.30. The number of hydrogen-bond acceptors (Lipinski definition) is 4. The minimum Gasteiger partial charge on any atom is -0.322 e. The lowest BCUT2D eigenvalue weighted by molar-refractivity contribution is -0.111. The lowest BCUT2D eigenvalue weighted by Crippen LogP contribution is -2.08. The third-order valence-electron chi connectivity index (χ3n) is 2.74. The predicted molar refractivity (Wildman–Crippen MR) is 79.7 cm³/mol. The van der Waals surface area contributed by atoms with E-state index in [-0.39, 0.29) is 5.91 Å². The van der Waals surface area contributed by atoms with E-state index >= 15 is 0 Å². The number of thiazole rings is 1. The Hall–Kier alpha value is -2.47. The molecule has 3 rings (SSSR count). The first-order valence-electron chi connectivity index (χ1n) is 6.05. The van der Waals surface area contributed by atoms with Gasteiger partial charge in [-0.1, -0.05) is 0 Å². The number of carbonyl (C=O) groups is 1. The molecule has 0 radical (unpaired) electrons. The number of anilines is 1. The van der Waals surface area contributed by atoms with Crippen molar-refractivity contribution >= 4 is 34.0 Å². The maximum Gasteiger partial charge on any atom is 0.248 e. The Morgan fingerprint density at radius 3 is 3.20 bits per heavy atom. The lowest BCUT2D eigenvalue weighted by Gasteiger charge is -2.01. The van der Waals surface area contributed by atoms with Gasteiger partial charge >= 0.3 is 0 Å². The normalized spacial score (nSPS) is 11.2. The summed E-state index contributed by atoms with van der Waals surface area (Å²) < 4.78 is 1.94. The van der Waals surface area contributed by atoms with Crippen molar-refractivity contribution in [1.82, 2.24) is 14.4 Å². The van der Waals surface area contributed by atoms with Gasteiger partial charge in [0, 0.05) is 35.2 Å². The summed E-state index contributed by atoms with van der Waals surface area (Å²) in [7, 11) is 0. The first kappa shape index (κ1) is 12.6. The van der Waals surface area contributed by atoms with Crippen molar-refractivity contribution in [1.29, 1.82) is 0 Å². The molecule has 5 nitrogen and oxygen atoms in total. The Morgan fingerprint density at radius 2 is 2.35 bits per heavy atom. The number of nitrogens with zero attached hydrogens (tertiary/aromatic N) is 3. The van der Waals surface area contributed by atoms with E-state index in [4.69, 9.17) is 0 Å². The number of nitrogens with one attached hydrogen (secondary N) is 1. The van der Waals surface area contributed by atoms with Gasteiger partial charge in [-0.2, -0.15) is 0 Å². The van der Waals surface area contributed by atoms with Gasteiger partial charge < -0.3 is 5.32 Å². The van der Waals surface area contributed by atoms with Crippen LogP contribution in [0.5, 0.6) is 0 Å². The monoisotopic (exact) mass is 284 g/mol. The van der Waals surface area contributed by atoms with Gasteiger partial charge in [0.1, 0.15) is 0 Å². The molecule has 0 atom stereocenters. The fourth-order valence-electron chi connectivity index (χ4n) is 1.84. The van der Waals surface area contributed by atoms with Crippen LogP contribution in [0.15, 0.2) is 42.2 Å². The van der Waals surface area contributed by atoms with Gasteiger partial charge in [0.2, 0.25) is 5.91 Å². The van der Waals surface area contributed by atoms with Crippen LogP contribution in [0, 0.1) is 6.92 Å². The highest BCUT2D eigenvalue weighted by molar-refractivity contribution is 7.15. The summed E-state index contributed by atoms with van der Waals surface area (Å²) in [6.45, 7) is 1.88. The van der Waals surface area contributed by atoms with Crippen LogP contribution in [0.3, 0.4) is 0 Å². The number of carbonyl (C=O) groups excluding carboxylic acids is 1. The molecule has 0 aliphatic heterocycles. The summed E-state index contributed by atoms with van der Waals surface area (Å²) >= 11 is 1.56. The Labute approximate surface area is 119 Å². The molecule has 0 aromatic carbocycles. The molecule has 6 heteroatoms. The molecule has 1 N–H and O–H groups in total. The second kappa shape index (κ2) is 5.26. The van der Waals surface area contributed by atoms with E-state index in [0.29, 0.717) is 0 Å². The fraction of sp³-hybridized carbons (Fsp3) is 0.0714. The summed E-state index contributed by atoms with van der Waals surface area (Å²) in [6.07, 6.45) is 8.58. The van der Waals surface area contributed by atoms with E-state index in [1.165, 1.54) is 6.08 Å². The van der Waals surface area contributed by atoms with E-state index < -0.39 is 0 Å². The zero-order chi connectivity index (χ0) is 13.9. The van der Waals surface area contributed by atoms with Crippen LogP contribution in [0.2, 0.25) is 0 Å². The average molecular weight is 284 g/mol. The highest BCUT2D eigenvalue weighted by Crippen LogP contribution is 2.14. The highest BCUT2D eigenvalue weighted by Gasteiger charge is 2.02. The summed E-state index contributed by atoms with van der Waals surface area (Å²) in [5.74, 6) is -0.180. The zero-order valence-corrected chi connectivity index (χ0v) is 11.6. The second-order valence-electron chi connectivity index (χ2n) is 4.25. The van der Waals surface area contributed by atoms with E-state index in [1.807, 2.05) is 29.0 Å². The number of aromatic nitrogens is 3. The molecule has 0 spiro atoms. The molecule has 1 amide bonds. The van der Waals surface area contributed by atoms with Crippen molar-refractivity contribution in [2.24, 2.45) is 0 Å². The number of pyridine rings is 1. The standard InChI is InChI=1S/C14H12N4OS/c1-10-8-11(4-5-15-10)17-13(19)3-2-12-9-16-14-18(12)6-7-20-14/h2-9H,1H3,(H,15,17,19)/b3-2+. The van der Waals surface area contributed by atoms with Crippen molar-refractivity contribution in [2.45, 2.75) is 6.92 Å². The van der Waals surface area contributed by atoms with Crippen LogP contribution < -0.4 is 5.32 Å².